The first-order valence-electron chi connectivity index (χ1n) is 8.22. The van der Waals surface area contributed by atoms with Gasteiger partial charge in [0.2, 0.25) is 5.43 Å². The molecule has 5 nitrogen and oxygen atoms in total. The van der Waals surface area contributed by atoms with Crippen LogP contribution in [0.3, 0.4) is 0 Å². The molecule has 0 aliphatic carbocycles. The molecule has 3 rings (SSSR count). The fraction of sp³-hybridized carbons (Fsp3) is 0.211. The number of aryl methyl sites for hydroxylation is 1. The van der Waals surface area contributed by atoms with Crippen LogP contribution in [0.1, 0.15) is 23.0 Å². The van der Waals surface area contributed by atoms with Crippen LogP contribution in [0.25, 0.3) is 10.9 Å². The number of benzene rings is 2. The van der Waals surface area contributed by atoms with E-state index in [9.17, 15) is 14.0 Å². The van der Waals surface area contributed by atoms with Gasteiger partial charge in [-0.2, -0.15) is 5.10 Å². The number of amides is 1. The monoisotopic (exact) mass is 373 g/mol. The molecule has 0 spiro atoms. The zero-order valence-electron chi connectivity index (χ0n) is 14.1. The average molecular weight is 374 g/mol. The summed E-state index contributed by atoms with van der Waals surface area (Å²) < 4.78 is 14.5. The molecule has 0 bridgehead atoms. The van der Waals surface area contributed by atoms with Gasteiger partial charge in [-0.05, 0) is 49.2 Å². The molecular formula is C19H17ClFN3O2. The quantitative estimate of drug-likeness (QED) is 0.747. The molecule has 3 aromatic rings. The van der Waals surface area contributed by atoms with Crippen LogP contribution in [0, 0.1) is 5.82 Å². The van der Waals surface area contributed by atoms with Crippen molar-refractivity contribution in [2.75, 3.05) is 6.54 Å². The van der Waals surface area contributed by atoms with E-state index in [1.807, 2.05) is 6.92 Å². The Balaban J connectivity index is 1.82. The highest BCUT2D eigenvalue weighted by Gasteiger charge is 2.17. The summed E-state index contributed by atoms with van der Waals surface area (Å²) in [6.45, 7) is 2.70. The van der Waals surface area contributed by atoms with Crippen molar-refractivity contribution in [2.24, 2.45) is 0 Å². The van der Waals surface area contributed by atoms with E-state index in [0.717, 1.165) is 5.56 Å². The highest BCUT2D eigenvalue weighted by atomic mass is 35.5. The highest BCUT2D eigenvalue weighted by Crippen LogP contribution is 2.16. The topological polar surface area (TPSA) is 64.0 Å². The standard InChI is InChI=1S/C19H17ClFN3O2/c1-2-24-16-8-5-13(20)11-15(16)18(25)17(23-24)19(26)22-10-9-12-3-6-14(21)7-4-12/h3-8,11H,2,9-10H2,1H3,(H,22,26). The Kier molecular flexibility index (Phi) is 5.32. The second-order valence-corrected chi connectivity index (χ2v) is 6.22. The number of nitrogens with zero attached hydrogens (tertiary/aromatic N) is 2. The van der Waals surface area contributed by atoms with E-state index in [0.29, 0.717) is 35.4 Å². The lowest BCUT2D eigenvalue weighted by Gasteiger charge is -2.11. The Morgan fingerprint density at radius 3 is 2.65 bits per heavy atom. The summed E-state index contributed by atoms with van der Waals surface area (Å²) in [4.78, 5) is 25.1. The summed E-state index contributed by atoms with van der Waals surface area (Å²) >= 11 is 5.98. The van der Waals surface area contributed by atoms with Crippen molar-refractivity contribution < 1.29 is 9.18 Å². The average Bonchev–Trinajstić information content (AvgIpc) is 2.64. The Labute approximate surface area is 154 Å². The molecule has 1 heterocycles. The van der Waals surface area contributed by atoms with E-state index >= 15 is 0 Å². The third-order valence-electron chi connectivity index (χ3n) is 4.04. The van der Waals surface area contributed by atoms with Gasteiger partial charge in [-0.1, -0.05) is 23.7 Å². The normalized spacial score (nSPS) is 10.9. The molecule has 7 heteroatoms. The molecule has 1 N–H and O–H groups in total. The molecule has 0 aliphatic rings. The smallest absolute Gasteiger partial charge is 0.275 e. The van der Waals surface area contributed by atoms with Gasteiger partial charge in [0.05, 0.1) is 10.9 Å². The van der Waals surface area contributed by atoms with Gasteiger partial charge in [-0.15, -0.1) is 0 Å². The van der Waals surface area contributed by atoms with Crippen LogP contribution in [0.15, 0.2) is 47.3 Å². The van der Waals surface area contributed by atoms with Gasteiger partial charge < -0.3 is 5.32 Å². The molecule has 2 aromatic carbocycles. The lowest BCUT2D eigenvalue weighted by Crippen LogP contribution is -2.33. The van der Waals surface area contributed by atoms with Crippen molar-refractivity contribution in [1.82, 2.24) is 15.1 Å². The molecule has 26 heavy (non-hydrogen) atoms. The third kappa shape index (κ3) is 3.75. The highest BCUT2D eigenvalue weighted by molar-refractivity contribution is 6.31. The van der Waals surface area contributed by atoms with Gasteiger partial charge in [0, 0.05) is 18.1 Å². The molecule has 0 saturated carbocycles. The molecule has 0 fully saturated rings. The summed E-state index contributed by atoms with van der Waals surface area (Å²) in [6.07, 6.45) is 0.521. The van der Waals surface area contributed by atoms with Gasteiger partial charge in [0.1, 0.15) is 5.82 Å². The molecule has 134 valence electrons. The van der Waals surface area contributed by atoms with Gasteiger partial charge in [0.15, 0.2) is 5.69 Å². The van der Waals surface area contributed by atoms with Crippen LogP contribution in [0.5, 0.6) is 0 Å². The van der Waals surface area contributed by atoms with E-state index in [-0.39, 0.29) is 11.5 Å². The number of carbonyl (C=O) groups excluding carboxylic acids is 1. The van der Waals surface area contributed by atoms with Crippen molar-refractivity contribution in [3.63, 3.8) is 0 Å². The summed E-state index contributed by atoms with van der Waals surface area (Å²) in [6, 6.07) is 11.0. The van der Waals surface area contributed by atoms with Crippen LogP contribution in [0.2, 0.25) is 5.02 Å². The molecule has 0 aliphatic heterocycles. The van der Waals surface area contributed by atoms with Gasteiger partial charge in [0.25, 0.3) is 5.91 Å². The first kappa shape index (κ1) is 18.1. The molecule has 0 saturated heterocycles. The summed E-state index contributed by atoms with van der Waals surface area (Å²) in [5.41, 5.74) is 0.896. The largest absolute Gasteiger partial charge is 0.350 e. The first-order chi connectivity index (χ1) is 12.5. The van der Waals surface area contributed by atoms with Gasteiger partial charge in [-0.3, -0.25) is 14.3 Å². The maximum atomic E-state index is 12.9. The number of fused-ring (bicyclic) bond motifs is 1. The third-order valence-corrected chi connectivity index (χ3v) is 4.28. The molecule has 0 radical (unpaired) electrons. The van der Waals surface area contributed by atoms with E-state index in [4.69, 9.17) is 11.6 Å². The van der Waals surface area contributed by atoms with Crippen LogP contribution in [0.4, 0.5) is 4.39 Å². The minimum Gasteiger partial charge on any atom is -0.350 e. The molecule has 1 aromatic heterocycles. The van der Waals surface area contributed by atoms with Crippen LogP contribution >= 0.6 is 11.6 Å². The number of aromatic nitrogens is 2. The minimum absolute atomic E-state index is 0.166. The van der Waals surface area contributed by atoms with Crippen molar-refractivity contribution in [1.29, 1.82) is 0 Å². The van der Waals surface area contributed by atoms with Crippen molar-refractivity contribution in [3.8, 4) is 0 Å². The van der Waals surface area contributed by atoms with Crippen LogP contribution in [-0.4, -0.2) is 22.2 Å². The van der Waals surface area contributed by atoms with Gasteiger partial charge in [-0.25, -0.2) is 4.39 Å². The molecular weight excluding hydrogens is 357 g/mol. The molecule has 1 amide bonds. The van der Waals surface area contributed by atoms with E-state index in [1.54, 1.807) is 35.0 Å². The number of hydrogen-bond acceptors (Lipinski definition) is 3. The Bertz CT molecular complexity index is 1020. The SMILES string of the molecule is CCn1nc(C(=O)NCCc2ccc(F)cc2)c(=O)c2cc(Cl)ccc21. The molecule has 0 unspecified atom stereocenters. The maximum Gasteiger partial charge on any atom is 0.275 e. The summed E-state index contributed by atoms with van der Waals surface area (Å²) in [7, 11) is 0. The summed E-state index contributed by atoms with van der Waals surface area (Å²) in [5.74, 6) is -0.849. The van der Waals surface area contributed by atoms with Crippen molar-refractivity contribution in [2.45, 2.75) is 19.9 Å². The van der Waals surface area contributed by atoms with Crippen LogP contribution < -0.4 is 10.7 Å². The van der Waals surface area contributed by atoms with Crippen LogP contribution in [-0.2, 0) is 13.0 Å². The summed E-state index contributed by atoms with van der Waals surface area (Å²) in [5, 5.41) is 7.66. The predicted molar refractivity (Wildman–Crippen MR) is 99.1 cm³/mol. The minimum atomic E-state index is -0.541. The maximum absolute atomic E-state index is 12.9. The van der Waals surface area contributed by atoms with E-state index < -0.39 is 11.3 Å². The van der Waals surface area contributed by atoms with E-state index in [1.165, 1.54) is 12.1 Å². The Hall–Kier alpha value is -2.73. The fourth-order valence-corrected chi connectivity index (χ4v) is 2.88. The number of carbonyl (C=O) groups is 1. The van der Waals surface area contributed by atoms with E-state index in [2.05, 4.69) is 10.4 Å². The number of hydrogen-bond donors (Lipinski definition) is 1. The zero-order chi connectivity index (χ0) is 18.7. The predicted octanol–water partition coefficient (Wildman–Crippen LogP) is 3.18. The lowest BCUT2D eigenvalue weighted by molar-refractivity contribution is 0.0946. The van der Waals surface area contributed by atoms with Crippen molar-refractivity contribution >= 4 is 28.4 Å². The number of rotatable bonds is 5. The second-order valence-electron chi connectivity index (χ2n) is 5.79. The first-order valence-corrected chi connectivity index (χ1v) is 8.60. The molecule has 0 atom stereocenters. The fourth-order valence-electron chi connectivity index (χ4n) is 2.71. The van der Waals surface area contributed by atoms with Gasteiger partial charge >= 0.3 is 0 Å². The number of halogens is 2. The second kappa shape index (κ2) is 7.66. The Morgan fingerprint density at radius 2 is 1.96 bits per heavy atom. The zero-order valence-corrected chi connectivity index (χ0v) is 14.9. The number of nitrogens with one attached hydrogen (secondary N) is 1. The lowest BCUT2D eigenvalue weighted by atomic mass is 10.1. The Morgan fingerprint density at radius 1 is 1.23 bits per heavy atom. The van der Waals surface area contributed by atoms with Crippen molar-refractivity contribution in [3.05, 3.63) is 74.8 Å².